The number of nitrogens with two attached hydrogens (primary N) is 1. The molecule has 0 unspecified atom stereocenters. The number of carbonyl (C=O) groups is 1. The monoisotopic (exact) mass is 416 g/mol. The number of benzene rings is 2. The maximum Gasteiger partial charge on any atom is 0.339 e. The summed E-state index contributed by atoms with van der Waals surface area (Å²) in [5.74, 6) is 4.08. The molecule has 0 radical (unpaired) electrons. The Balaban J connectivity index is 0.000000176. The Kier molecular flexibility index (Phi) is 5.74. The highest BCUT2D eigenvalue weighted by atomic mass is 35.5. The van der Waals surface area contributed by atoms with E-state index in [0.717, 1.165) is 5.52 Å². The third-order valence-corrected chi connectivity index (χ3v) is 4.34. The number of rotatable bonds is 2. The first kappa shape index (κ1) is 20.2. The summed E-state index contributed by atoms with van der Waals surface area (Å²) in [7, 11) is 0. The van der Waals surface area contributed by atoms with Gasteiger partial charge in [0.1, 0.15) is 11.6 Å². The zero-order valence-corrected chi connectivity index (χ0v) is 15.9. The van der Waals surface area contributed by atoms with Gasteiger partial charge in [-0.05, 0) is 37.3 Å². The van der Waals surface area contributed by atoms with Crippen molar-refractivity contribution in [2.75, 3.05) is 5.84 Å². The number of nitrogens with zero attached hydrogens (tertiary/aromatic N) is 3. The van der Waals surface area contributed by atoms with Gasteiger partial charge in [-0.2, -0.15) is 0 Å². The second kappa shape index (κ2) is 8.24. The largest absolute Gasteiger partial charge is 0.478 e. The summed E-state index contributed by atoms with van der Waals surface area (Å²) in [6.07, 6.45) is 2.77. The summed E-state index contributed by atoms with van der Waals surface area (Å²) in [6, 6.07) is 10.1. The van der Waals surface area contributed by atoms with Crippen LogP contribution in [-0.4, -0.2) is 25.7 Å². The van der Waals surface area contributed by atoms with Gasteiger partial charge in [-0.3, -0.25) is 4.68 Å². The van der Waals surface area contributed by atoms with Gasteiger partial charge in [0.15, 0.2) is 5.82 Å². The molecule has 0 spiro atoms. The molecule has 4 rings (SSSR count). The molecule has 2 aromatic carbocycles. The van der Waals surface area contributed by atoms with Crippen LogP contribution in [0.25, 0.3) is 22.3 Å². The Hall–Kier alpha value is -3.52. The van der Waals surface area contributed by atoms with Gasteiger partial charge >= 0.3 is 5.97 Å². The molecular weight excluding hydrogens is 402 g/mol. The molecule has 0 fully saturated rings. The number of fused-ring (bicyclic) bond motifs is 1. The third-order valence-electron chi connectivity index (χ3n) is 4.04. The Labute approximate surface area is 169 Å². The normalized spacial score (nSPS) is 10.5. The average Bonchev–Trinajstić information content (AvgIpc) is 2.95. The molecule has 29 heavy (non-hydrogen) atoms. The maximum absolute atomic E-state index is 13.0. The fourth-order valence-corrected chi connectivity index (χ4v) is 2.89. The highest BCUT2D eigenvalue weighted by Crippen LogP contribution is 2.24. The van der Waals surface area contributed by atoms with Crippen molar-refractivity contribution in [1.82, 2.24) is 14.6 Å². The van der Waals surface area contributed by atoms with E-state index >= 15 is 0 Å². The summed E-state index contributed by atoms with van der Waals surface area (Å²) in [5, 5.41) is 9.93. The molecule has 4 aromatic rings. The van der Waals surface area contributed by atoms with E-state index in [1.165, 1.54) is 35.1 Å². The minimum Gasteiger partial charge on any atom is -0.478 e. The van der Waals surface area contributed by atoms with Crippen molar-refractivity contribution in [3.05, 3.63) is 82.8 Å². The molecule has 0 aliphatic carbocycles. The van der Waals surface area contributed by atoms with Crippen molar-refractivity contribution in [2.24, 2.45) is 0 Å². The highest BCUT2D eigenvalue weighted by Gasteiger charge is 2.11. The molecule has 0 saturated carbocycles. The van der Waals surface area contributed by atoms with E-state index in [2.05, 4.69) is 9.97 Å². The van der Waals surface area contributed by atoms with Crippen LogP contribution in [0, 0.1) is 18.6 Å². The van der Waals surface area contributed by atoms with E-state index in [9.17, 15) is 13.6 Å². The van der Waals surface area contributed by atoms with Gasteiger partial charge in [0.25, 0.3) is 0 Å². The lowest BCUT2D eigenvalue weighted by Crippen LogP contribution is -2.04. The lowest BCUT2D eigenvalue weighted by molar-refractivity contribution is 0.0695. The van der Waals surface area contributed by atoms with Crippen LogP contribution in [0.1, 0.15) is 16.1 Å². The van der Waals surface area contributed by atoms with E-state index in [1.54, 1.807) is 31.3 Å². The van der Waals surface area contributed by atoms with Crippen molar-refractivity contribution in [3.63, 3.8) is 0 Å². The molecule has 6 nitrogen and oxygen atoms in total. The van der Waals surface area contributed by atoms with E-state index in [1.807, 2.05) is 0 Å². The second-order valence-electron chi connectivity index (χ2n) is 6.05. The van der Waals surface area contributed by atoms with Crippen molar-refractivity contribution in [3.8, 4) is 11.4 Å². The predicted molar refractivity (Wildman–Crippen MR) is 106 cm³/mol. The molecule has 0 aliphatic rings. The summed E-state index contributed by atoms with van der Waals surface area (Å²) >= 11 is 5.78. The second-order valence-corrected chi connectivity index (χ2v) is 6.46. The lowest BCUT2D eigenvalue weighted by Gasteiger charge is -2.03. The smallest absolute Gasteiger partial charge is 0.339 e. The first-order valence-electron chi connectivity index (χ1n) is 8.30. The first-order valence-corrected chi connectivity index (χ1v) is 8.68. The summed E-state index contributed by atoms with van der Waals surface area (Å²) in [4.78, 5) is 18.7. The molecular formula is C20H15ClF2N4O2. The van der Waals surface area contributed by atoms with Crippen LogP contribution in [0.3, 0.4) is 0 Å². The fraction of sp³-hybridized carbons (Fsp3) is 0.0500. The van der Waals surface area contributed by atoms with Crippen LogP contribution in [0.4, 0.5) is 8.78 Å². The molecule has 2 heterocycles. The summed E-state index contributed by atoms with van der Waals surface area (Å²) in [5.41, 5.74) is 1.64. The van der Waals surface area contributed by atoms with Crippen LogP contribution in [-0.2, 0) is 0 Å². The Morgan fingerprint density at radius 3 is 2.55 bits per heavy atom. The van der Waals surface area contributed by atoms with Gasteiger partial charge in [0.2, 0.25) is 0 Å². The van der Waals surface area contributed by atoms with Crippen LogP contribution in [0.2, 0.25) is 5.02 Å². The van der Waals surface area contributed by atoms with E-state index in [-0.39, 0.29) is 17.2 Å². The number of carboxylic acids is 1. The number of aromatic nitrogens is 3. The lowest BCUT2D eigenvalue weighted by atomic mass is 10.2. The number of hydrogen-bond acceptors (Lipinski definition) is 4. The van der Waals surface area contributed by atoms with E-state index in [0.29, 0.717) is 27.5 Å². The van der Waals surface area contributed by atoms with Crippen molar-refractivity contribution in [2.45, 2.75) is 6.92 Å². The van der Waals surface area contributed by atoms with Crippen molar-refractivity contribution in [1.29, 1.82) is 0 Å². The number of halogens is 3. The van der Waals surface area contributed by atoms with Crippen LogP contribution >= 0.6 is 11.6 Å². The predicted octanol–water partition coefficient (Wildman–Crippen LogP) is 4.44. The molecule has 148 valence electrons. The molecule has 0 aliphatic heterocycles. The zero-order chi connectivity index (χ0) is 21.1. The van der Waals surface area contributed by atoms with Gasteiger partial charge in [0.05, 0.1) is 21.8 Å². The molecule has 2 aromatic heterocycles. The van der Waals surface area contributed by atoms with E-state index < -0.39 is 5.97 Å². The molecule has 3 N–H and O–H groups in total. The van der Waals surface area contributed by atoms with Gasteiger partial charge in [-0.1, -0.05) is 23.7 Å². The Morgan fingerprint density at radius 1 is 1.17 bits per heavy atom. The topological polar surface area (TPSA) is 94.0 Å². The van der Waals surface area contributed by atoms with Gasteiger partial charge in [-0.15, -0.1) is 0 Å². The fourth-order valence-electron chi connectivity index (χ4n) is 2.63. The summed E-state index contributed by atoms with van der Waals surface area (Å²) < 4.78 is 27.1. The number of nitrogen functional groups attached to an aromatic ring is 1. The van der Waals surface area contributed by atoms with Gasteiger partial charge < -0.3 is 10.9 Å². The SMILES string of the molecule is Cc1nc(-c2cccc(F)c2)ncc1C(=O)O.Nn1cc(Cl)c2cc(F)ccc21. The zero-order valence-electron chi connectivity index (χ0n) is 15.1. The third kappa shape index (κ3) is 4.49. The van der Waals surface area contributed by atoms with Crippen molar-refractivity contribution >= 4 is 28.5 Å². The molecule has 0 amide bonds. The quantitative estimate of drug-likeness (QED) is 0.471. The van der Waals surface area contributed by atoms with E-state index in [4.69, 9.17) is 22.6 Å². The first-order chi connectivity index (χ1) is 13.8. The average molecular weight is 417 g/mol. The molecule has 0 bridgehead atoms. The molecule has 0 saturated heterocycles. The highest BCUT2D eigenvalue weighted by molar-refractivity contribution is 6.35. The minimum absolute atomic E-state index is 0.0464. The Bertz CT molecular complexity index is 1210. The van der Waals surface area contributed by atoms with Gasteiger partial charge in [-0.25, -0.2) is 23.5 Å². The van der Waals surface area contributed by atoms with Crippen LogP contribution < -0.4 is 5.84 Å². The van der Waals surface area contributed by atoms with Crippen LogP contribution in [0.15, 0.2) is 54.9 Å². The van der Waals surface area contributed by atoms with Crippen molar-refractivity contribution < 1.29 is 18.7 Å². The Morgan fingerprint density at radius 2 is 1.90 bits per heavy atom. The molecule has 9 heteroatoms. The minimum atomic E-state index is -1.08. The van der Waals surface area contributed by atoms with Gasteiger partial charge in [0, 0.05) is 23.3 Å². The number of hydrogen-bond donors (Lipinski definition) is 2. The van der Waals surface area contributed by atoms with Crippen LogP contribution in [0.5, 0.6) is 0 Å². The number of aromatic carboxylic acids is 1. The number of carboxylic acid groups (broad SMARTS) is 1. The standard InChI is InChI=1S/C12H9FN2O2.C8H6ClFN2/c1-7-10(12(16)17)6-14-11(15-7)8-3-2-4-9(13)5-8;9-7-4-12(11)8-2-1-5(10)3-6(7)8/h2-6H,1H3,(H,16,17);1-4H,11H2. The maximum atomic E-state index is 13.0. The number of aryl methyl sites for hydroxylation is 1. The summed E-state index contributed by atoms with van der Waals surface area (Å²) in [6.45, 7) is 1.58. The molecule has 0 atom stereocenters.